The molecule has 0 spiro atoms. The Bertz CT molecular complexity index is 1160. The van der Waals surface area contributed by atoms with Gasteiger partial charge in [0, 0.05) is 22.7 Å². The number of methoxy groups -OCH3 is 1. The molecule has 0 aliphatic carbocycles. The van der Waals surface area contributed by atoms with E-state index in [-0.39, 0.29) is 5.91 Å². The van der Waals surface area contributed by atoms with Gasteiger partial charge in [-0.05, 0) is 35.9 Å². The van der Waals surface area contributed by atoms with Gasteiger partial charge in [-0.1, -0.05) is 60.1 Å². The average Bonchev–Trinajstić information content (AvgIpc) is 3.23. The lowest BCUT2D eigenvalue weighted by Crippen LogP contribution is -2.17. The number of nitrogens with zero attached hydrogens (tertiary/aromatic N) is 3. The molecule has 4 rings (SSSR count). The number of nitrogens with one attached hydrogen (secondary N) is 1. The molecule has 1 aromatic heterocycles. The Morgan fingerprint density at radius 2 is 1.70 bits per heavy atom. The highest BCUT2D eigenvalue weighted by atomic mass is 35.5. The van der Waals surface area contributed by atoms with Crippen molar-refractivity contribution in [2.75, 3.05) is 12.4 Å². The van der Waals surface area contributed by atoms with E-state index in [9.17, 15) is 4.79 Å². The predicted molar refractivity (Wildman–Crippen MR) is 117 cm³/mol. The number of carbonyl (C=O) groups excluding carboxylic acids is 1. The zero-order valence-electron chi connectivity index (χ0n) is 16.2. The standard InChI is InChI=1S/C23H19ClN4O2/c1-30-19-13-11-17(12-14-19)22(29)28-23(25-15-18-9-5-6-10-20(18)24)26-21(27-28)16-7-3-2-4-8-16/h2-14H,15H2,1H3,(H,25,26,27). The van der Waals surface area contributed by atoms with Crippen LogP contribution in [-0.4, -0.2) is 27.8 Å². The topological polar surface area (TPSA) is 69.0 Å². The van der Waals surface area contributed by atoms with Crippen LogP contribution in [0.1, 0.15) is 15.9 Å². The molecule has 0 radical (unpaired) electrons. The number of hydrogen-bond acceptors (Lipinski definition) is 5. The summed E-state index contributed by atoms with van der Waals surface area (Å²) >= 11 is 6.26. The van der Waals surface area contributed by atoms with Crippen molar-refractivity contribution < 1.29 is 9.53 Å². The number of halogens is 1. The first kappa shape index (κ1) is 19.7. The van der Waals surface area contributed by atoms with E-state index >= 15 is 0 Å². The first-order chi connectivity index (χ1) is 14.7. The molecule has 1 N–H and O–H groups in total. The number of hydrogen-bond donors (Lipinski definition) is 1. The van der Waals surface area contributed by atoms with Gasteiger partial charge < -0.3 is 10.1 Å². The van der Waals surface area contributed by atoms with E-state index in [0.29, 0.717) is 34.7 Å². The van der Waals surface area contributed by atoms with Crippen LogP contribution < -0.4 is 10.1 Å². The minimum absolute atomic E-state index is 0.297. The van der Waals surface area contributed by atoms with Gasteiger partial charge in [0.25, 0.3) is 5.91 Å². The predicted octanol–water partition coefficient (Wildman–Crippen LogP) is 4.91. The molecule has 0 unspecified atom stereocenters. The second kappa shape index (κ2) is 8.80. The molecule has 3 aromatic carbocycles. The molecule has 0 amide bonds. The highest BCUT2D eigenvalue weighted by Crippen LogP contribution is 2.21. The number of anilines is 1. The van der Waals surface area contributed by atoms with Gasteiger partial charge in [-0.2, -0.15) is 9.67 Å². The van der Waals surface area contributed by atoms with Gasteiger partial charge in [0.05, 0.1) is 7.11 Å². The Morgan fingerprint density at radius 3 is 2.40 bits per heavy atom. The Labute approximate surface area is 179 Å². The summed E-state index contributed by atoms with van der Waals surface area (Å²) in [6.07, 6.45) is 0. The van der Waals surface area contributed by atoms with E-state index in [1.807, 2.05) is 54.6 Å². The van der Waals surface area contributed by atoms with Gasteiger partial charge in [0.15, 0.2) is 5.82 Å². The highest BCUT2D eigenvalue weighted by Gasteiger charge is 2.19. The molecule has 0 aliphatic rings. The quantitative estimate of drug-likeness (QED) is 0.482. The van der Waals surface area contributed by atoms with E-state index in [2.05, 4.69) is 15.4 Å². The summed E-state index contributed by atoms with van der Waals surface area (Å²) in [6, 6.07) is 23.9. The molecular weight excluding hydrogens is 400 g/mol. The van der Waals surface area contributed by atoms with Crippen molar-refractivity contribution in [1.29, 1.82) is 0 Å². The Kier molecular flexibility index (Phi) is 5.77. The summed E-state index contributed by atoms with van der Waals surface area (Å²) in [5.74, 6) is 1.18. The zero-order valence-corrected chi connectivity index (χ0v) is 17.0. The molecule has 150 valence electrons. The number of aromatic nitrogens is 3. The molecular formula is C23H19ClN4O2. The van der Waals surface area contributed by atoms with Crippen LogP contribution in [0, 0.1) is 0 Å². The Hall–Kier alpha value is -3.64. The van der Waals surface area contributed by atoms with Crippen molar-refractivity contribution in [1.82, 2.24) is 14.8 Å². The smallest absolute Gasteiger partial charge is 0.281 e. The lowest BCUT2D eigenvalue weighted by atomic mass is 10.2. The van der Waals surface area contributed by atoms with Crippen molar-refractivity contribution >= 4 is 23.5 Å². The van der Waals surface area contributed by atoms with Crippen LogP contribution in [0.25, 0.3) is 11.4 Å². The van der Waals surface area contributed by atoms with Crippen LogP contribution in [0.5, 0.6) is 5.75 Å². The van der Waals surface area contributed by atoms with E-state index in [4.69, 9.17) is 16.3 Å². The lowest BCUT2D eigenvalue weighted by Gasteiger charge is -2.09. The first-order valence-corrected chi connectivity index (χ1v) is 9.72. The molecule has 30 heavy (non-hydrogen) atoms. The van der Waals surface area contributed by atoms with Gasteiger partial charge in [0.2, 0.25) is 5.95 Å². The van der Waals surface area contributed by atoms with Crippen LogP contribution >= 0.6 is 11.6 Å². The number of benzene rings is 3. The van der Waals surface area contributed by atoms with Gasteiger partial charge in [-0.3, -0.25) is 4.79 Å². The van der Waals surface area contributed by atoms with Gasteiger partial charge >= 0.3 is 0 Å². The van der Waals surface area contributed by atoms with Crippen LogP contribution in [0.4, 0.5) is 5.95 Å². The normalized spacial score (nSPS) is 10.6. The third kappa shape index (κ3) is 4.18. The van der Waals surface area contributed by atoms with E-state index < -0.39 is 0 Å². The van der Waals surface area contributed by atoms with Crippen molar-refractivity contribution in [3.8, 4) is 17.1 Å². The SMILES string of the molecule is COc1ccc(C(=O)n2nc(-c3ccccc3)nc2NCc2ccccc2Cl)cc1. The number of ether oxygens (including phenoxy) is 1. The van der Waals surface area contributed by atoms with Crippen molar-refractivity contribution in [2.45, 2.75) is 6.54 Å². The second-order valence-corrected chi connectivity index (χ2v) is 6.92. The fourth-order valence-corrected chi connectivity index (χ4v) is 3.15. The van der Waals surface area contributed by atoms with Gasteiger partial charge in [-0.15, -0.1) is 5.10 Å². The fourth-order valence-electron chi connectivity index (χ4n) is 2.95. The highest BCUT2D eigenvalue weighted by molar-refractivity contribution is 6.31. The third-order valence-electron chi connectivity index (χ3n) is 4.56. The summed E-state index contributed by atoms with van der Waals surface area (Å²) in [5.41, 5.74) is 2.19. The minimum Gasteiger partial charge on any atom is -0.497 e. The molecule has 0 fully saturated rings. The fraction of sp³-hybridized carbons (Fsp3) is 0.0870. The number of carbonyl (C=O) groups is 1. The summed E-state index contributed by atoms with van der Waals surface area (Å²) < 4.78 is 6.45. The molecule has 4 aromatic rings. The minimum atomic E-state index is -0.297. The van der Waals surface area contributed by atoms with Crippen LogP contribution in [0.15, 0.2) is 78.9 Å². The maximum Gasteiger partial charge on any atom is 0.281 e. The van der Waals surface area contributed by atoms with Crippen molar-refractivity contribution in [3.05, 3.63) is 95.0 Å². The van der Waals surface area contributed by atoms with Gasteiger partial charge in [-0.25, -0.2) is 0 Å². The molecule has 0 bridgehead atoms. The molecule has 7 heteroatoms. The van der Waals surface area contributed by atoms with Crippen LogP contribution in [-0.2, 0) is 6.54 Å². The summed E-state index contributed by atoms with van der Waals surface area (Å²) in [6.45, 7) is 0.405. The maximum atomic E-state index is 13.1. The average molecular weight is 419 g/mol. The van der Waals surface area contributed by atoms with E-state index in [0.717, 1.165) is 11.1 Å². The van der Waals surface area contributed by atoms with Gasteiger partial charge in [0.1, 0.15) is 5.75 Å². The molecule has 0 aliphatic heterocycles. The van der Waals surface area contributed by atoms with Crippen LogP contribution in [0.3, 0.4) is 0 Å². The first-order valence-electron chi connectivity index (χ1n) is 9.34. The monoisotopic (exact) mass is 418 g/mol. The van der Waals surface area contributed by atoms with Crippen LogP contribution in [0.2, 0.25) is 5.02 Å². The van der Waals surface area contributed by atoms with Crippen molar-refractivity contribution in [2.24, 2.45) is 0 Å². The molecule has 0 saturated carbocycles. The zero-order chi connectivity index (χ0) is 20.9. The summed E-state index contributed by atoms with van der Waals surface area (Å²) in [4.78, 5) is 17.7. The van der Waals surface area contributed by atoms with E-state index in [1.165, 1.54) is 4.68 Å². The van der Waals surface area contributed by atoms with Crippen molar-refractivity contribution in [3.63, 3.8) is 0 Å². The summed E-state index contributed by atoms with van der Waals surface area (Å²) in [5, 5.41) is 8.30. The lowest BCUT2D eigenvalue weighted by molar-refractivity contribution is 0.0947. The number of rotatable bonds is 6. The van der Waals surface area contributed by atoms with E-state index in [1.54, 1.807) is 31.4 Å². The summed E-state index contributed by atoms with van der Waals surface area (Å²) in [7, 11) is 1.58. The molecule has 0 saturated heterocycles. The Morgan fingerprint density at radius 1 is 1.00 bits per heavy atom. The Balaban J connectivity index is 1.68. The maximum absolute atomic E-state index is 13.1. The third-order valence-corrected chi connectivity index (χ3v) is 4.93. The molecule has 6 nitrogen and oxygen atoms in total. The second-order valence-electron chi connectivity index (χ2n) is 6.52. The largest absolute Gasteiger partial charge is 0.497 e. The molecule has 1 heterocycles. The molecule has 0 atom stereocenters.